The standard InChI is InChI=1S/C17H16O6/c1-21-12-9-11(18)13(17(23-3)16(12)22-2)15(20)14(19)10-7-5-4-6-8-10/h4-9,18H,1-3H3. The summed E-state index contributed by atoms with van der Waals surface area (Å²) in [6, 6.07) is 9.26. The maximum absolute atomic E-state index is 12.5. The van der Waals surface area contributed by atoms with E-state index < -0.39 is 17.3 Å². The minimum Gasteiger partial charge on any atom is -0.507 e. The fourth-order valence-electron chi connectivity index (χ4n) is 2.20. The number of carbonyl (C=O) groups is 2. The summed E-state index contributed by atoms with van der Waals surface area (Å²) in [5.41, 5.74) is -0.0484. The lowest BCUT2D eigenvalue weighted by molar-refractivity contribution is 0.0812. The van der Waals surface area contributed by atoms with Gasteiger partial charge in [0.15, 0.2) is 11.5 Å². The van der Waals surface area contributed by atoms with Crippen LogP contribution < -0.4 is 14.2 Å². The fourth-order valence-corrected chi connectivity index (χ4v) is 2.20. The van der Waals surface area contributed by atoms with Gasteiger partial charge in [0, 0.05) is 11.6 Å². The molecule has 0 saturated heterocycles. The van der Waals surface area contributed by atoms with E-state index >= 15 is 0 Å². The molecule has 0 atom stereocenters. The molecule has 0 bridgehead atoms. The first-order valence-corrected chi connectivity index (χ1v) is 6.71. The Morgan fingerprint density at radius 2 is 1.48 bits per heavy atom. The first-order chi connectivity index (χ1) is 11.0. The molecule has 0 aliphatic carbocycles. The van der Waals surface area contributed by atoms with E-state index in [0.717, 1.165) is 0 Å². The molecule has 0 aromatic heterocycles. The Labute approximate surface area is 133 Å². The van der Waals surface area contributed by atoms with Crippen LogP contribution in [0.15, 0.2) is 36.4 Å². The summed E-state index contributed by atoms with van der Waals surface area (Å²) in [5.74, 6) is -1.83. The van der Waals surface area contributed by atoms with Gasteiger partial charge in [-0.2, -0.15) is 0 Å². The SMILES string of the molecule is COc1cc(O)c(C(=O)C(=O)c2ccccc2)c(OC)c1OC. The number of carbonyl (C=O) groups excluding carboxylic acids is 2. The van der Waals surface area contributed by atoms with E-state index in [9.17, 15) is 14.7 Å². The number of ether oxygens (including phenoxy) is 3. The van der Waals surface area contributed by atoms with Gasteiger partial charge >= 0.3 is 0 Å². The van der Waals surface area contributed by atoms with Crippen LogP contribution in [0, 0.1) is 0 Å². The molecule has 2 aromatic carbocycles. The third-order valence-electron chi connectivity index (χ3n) is 3.28. The summed E-state index contributed by atoms with van der Waals surface area (Å²) in [6.45, 7) is 0. The van der Waals surface area contributed by atoms with E-state index in [4.69, 9.17) is 14.2 Å². The number of ketones is 2. The molecule has 0 spiro atoms. The molecular formula is C17H16O6. The molecule has 1 N–H and O–H groups in total. The van der Waals surface area contributed by atoms with Crippen molar-refractivity contribution >= 4 is 11.6 Å². The lowest BCUT2D eigenvalue weighted by Gasteiger charge is -2.16. The third-order valence-corrected chi connectivity index (χ3v) is 3.28. The smallest absolute Gasteiger partial charge is 0.241 e. The highest BCUT2D eigenvalue weighted by Crippen LogP contribution is 2.45. The van der Waals surface area contributed by atoms with Crippen LogP contribution in [-0.2, 0) is 0 Å². The second-order valence-corrected chi connectivity index (χ2v) is 4.56. The molecule has 0 fully saturated rings. The lowest BCUT2D eigenvalue weighted by atomic mass is 9.99. The second-order valence-electron chi connectivity index (χ2n) is 4.56. The largest absolute Gasteiger partial charge is 0.507 e. The average Bonchev–Trinajstić information content (AvgIpc) is 2.59. The van der Waals surface area contributed by atoms with Gasteiger partial charge in [-0.05, 0) is 0 Å². The Morgan fingerprint density at radius 1 is 0.870 bits per heavy atom. The summed E-state index contributed by atoms with van der Waals surface area (Å²) in [7, 11) is 4.05. The van der Waals surface area contributed by atoms with Gasteiger partial charge in [0.05, 0.1) is 21.3 Å². The van der Waals surface area contributed by atoms with E-state index in [0.29, 0.717) is 0 Å². The number of phenolic OH excluding ortho intramolecular Hbond substituents is 1. The Morgan fingerprint density at radius 3 is 2.00 bits per heavy atom. The first kappa shape index (κ1) is 16.4. The highest BCUT2D eigenvalue weighted by atomic mass is 16.5. The summed E-state index contributed by atoms with van der Waals surface area (Å²) in [4.78, 5) is 24.9. The third kappa shape index (κ3) is 2.96. The Bertz CT molecular complexity index is 736. The van der Waals surface area contributed by atoms with Crippen molar-refractivity contribution in [2.24, 2.45) is 0 Å². The van der Waals surface area contributed by atoms with Crippen molar-refractivity contribution in [1.82, 2.24) is 0 Å². The van der Waals surface area contributed by atoms with Gasteiger partial charge in [0.2, 0.25) is 17.3 Å². The zero-order valence-electron chi connectivity index (χ0n) is 13.0. The van der Waals surface area contributed by atoms with E-state index in [2.05, 4.69) is 0 Å². The number of hydrogen-bond donors (Lipinski definition) is 1. The molecule has 6 nitrogen and oxygen atoms in total. The summed E-state index contributed by atoms with van der Waals surface area (Å²) in [6.07, 6.45) is 0. The minimum atomic E-state index is -0.897. The highest BCUT2D eigenvalue weighted by molar-refractivity contribution is 6.50. The maximum Gasteiger partial charge on any atom is 0.241 e. The van der Waals surface area contributed by atoms with Crippen LogP contribution in [0.2, 0.25) is 0 Å². The molecule has 2 rings (SSSR count). The predicted octanol–water partition coefficient (Wildman–Crippen LogP) is 2.48. The predicted molar refractivity (Wildman–Crippen MR) is 82.9 cm³/mol. The van der Waals surface area contributed by atoms with Gasteiger partial charge in [-0.1, -0.05) is 30.3 Å². The van der Waals surface area contributed by atoms with Crippen molar-refractivity contribution < 1.29 is 28.9 Å². The molecule has 2 aromatic rings. The molecule has 0 unspecified atom stereocenters. The Balaban J connectivity index is 2.58. The van der Waals surface area contributed by atoms with Crippen LogP contribution in [0.25, 0.3) is 0 Å². The molecule has 0 radical (unpaired) electrons. The van der Waals surface area contributed by atoms with E-state index in [1.54, 1.807) is 18.2 Å². The minimum absolute atomic E-state index is 0.0568. The van der Waals surface area contributed by atoms with E-state index in [1.807, 2.05) is 0 Å². The Hall–Kier alpha value is -3.02. The second kappa shape index (κ2) is 6.83. The number of Topliss-reactive ketones (excluding diaryl/α,β-unsaturated/α-hetero) is 2. The summed E-state index contributed by atoms with van der Waals surface area (Å²) in [5, 5.41) is 10.1. The zero-order valence-corrected chi connectivity index (χ0v) is 13.0. The van der Waals surface area contributed by atoms with Crippen LogP contribution in [0.1, 0.15) is 20.7 Å². The summed E-state index contributed by atoms with van der Waals surface area (Å²) < 4.78 is 15.4. The first-order valence-electron chi connectivity index (χ1n) is 6.71. The molecule has 0 saturated carbocycles. The van der Waals surface area contributed by atoms with Crippen LogP contribution >= 0.6 is 0 Å². The molecule has 0 aliphatic heterocycles. The van der Waals surface area contributed by atoms with Crippen LogP contribution in [-0.4, -0.2) is 38.0 Å². The number of phenols is 1. The van der Waals surface area contributed by atoms with Crippen molar-refractivity contribution in [3.05, 3.63) is 47.5 Å². The number of hydrogen-bond acceptors (Lipinski definition) is 6. The van der Waals surface area contributed by atoms with Gasteiger partial charge in [-0.25, -0.2) is 0 Å². The van der Waals surface area contributed by atoms with Crippen molar-refractivity contribution in [1.29, 1.82) is 0 Å². The number of aromatic hydroxyl groups is 1. The van der Waals surface area contributed by atoms with Gasteiger partial charge in [-0.3, -0.25) is 9.59 Å². The quantitative estimate of drug-likeness (QED) is 0.651. The Kier molecular flexibility index (Phi) is 4.85. The van der Waals surface area contributed by atoms with Crippen molar-refractivity contribution in [2.75, 3.05) is 21.3 Å². The maximum atomic E-state index is 12.5. The van der Waals surface area contributed by atoms with Crippen molar-refractivity contribution in [3.63, 3.8) is 0 Å². The summed E-state index contributed by atoms with van der Waals surface area (Å²) >= 11 is 0. The topological polar surface area (TPSA) is 82.1 Å². The average molecular weight is 316 g/mol. The van der Waals surface area contributed by atoms with Crippen LogP contribution in [0.4, 0.5) is 0 Å². The molecule has 23 heavy (non-hydrogen) atoms. The van der Waals surface area contributed by atoms with Crippen molar-refractivity contribution in [3.8, 4) is 23.0 Å². The zero-order chi connectivity index (χ0) is 17.0. The van der Waals surface area contributed by atoms with Gasteiger partial charge in [0.1, 0.15) is 11.3 Å². The molecule has 0 heterocycles. The molecular weight excluding hydrogens is 300 g/mol. The van der Waals surface area contributed by atoms with E-state index in [-0.39, 0.29) is 28.4 Å². The van der Waals surface area contributed by atoms with Gasteiger partial charge in [0.25, 0.3) is 0 Å². The van der Waals surface area contributed by atoms with Gasteiger partial charge in [-0.15, -0.1) is 0 Å². The monoisotopic (exact) mass is 316 g/mol. The number of rotatable bonds is 6. The van der Waals surface area contributed by atoms with Crippen molar-refractivity contribution in [2.45, 2.75) is 0 Å². The highest BCUT2D eigenvalue weighted by Gasteiger charge is 2.29. The molecule has 6 heteroatoms. The van der Waals surface area contributed by atoms with Gasteiger partial charge < -0.3 is 19.3 Å². The lowest BCUT2D eigenvalue weighted by Crippen LogP contribution is -2.16. The van der Waals surface area contributed by atoms with Crippen LogP contribution in [0.3, 0.4) is 0 Å². The molecule has 0 aliphatic rings. The van der Waals surface area contributed by atoms with Crippen LogP contribution in [0.5, 0.6) is 23.0 Å². The number of benzene rings is 2. The normalized spacial score (nSPS) is 10.0. The number of methoxy groups -OCH3 is 3. The van der Waals surface area contributed by atoms with E-state index in [1.165, 1.54) is 39.5 Å². The molecule has 0 amide bonds. The molecule has 120 valence electrons. The fraction of sp³-hybridized carbons (Fsp3) is 0.176.